The predicted octanol–water partition coefficient (Wildman–Crippen LogP) is 3.41. The Morgan fingerprint density at radius 1 is 1.22 bits per heavy atom. The van der Waals surface area contributed by atoms with Gasteiger partial charge < -0.3 is 5.32 Å². The predicted molar refractivity (Wildman–Crippen MR) is 77.7 cm³/mol. The standard InChI is InChI=1S/C16H22N2/c1-12(2)15(17-3)9-8-13-10-14-6-4-5-7-16(14)18-11-13/h4-7,10-12,15,17H,8-9H2,1-3H3. The SMILES string of the molecule is CNC(CCc1cnc2ccccc2c1)C(C)C. The number of nitrogens with zero attached hydrogens (tertiary/aromatic N) is 1. The minimum Gasteiger partial charge on any atom is -0.317 e. The topological polar surface area (TPSA) is 24.9 Å². The van der Waals surface area contributed by atoms with Gasteiger partial charge in [0, 0.05) is 17.6 Å². The zero-order chi connectivity index (χ0) is 13.0. The van der Waals surface area contributed by atoms with Gasteiger partial charge in [0.25, 0.3) is 0 Å². The molecule has 0 aliphatic heterocycles. The summed E-state index contributed by atoms with van der Waals surface area (Å²) in [4.78, 5) is 4.51. The molecule has 0 saturated heterocycles. The third kappa shape index (κ3) is 3.08. The molecule has 1 unspecified atom stereocenters. The summed E-state index contributed by atoms with van der Waals surface area (Å²) in [5.41, 5.74) is 2.41. The summed E-state index contributed by atoms with van der Waals surface area (Å²) in [6.45, 7) is 4.53. The van der Waals surface area contributed by atoms with E-state index in [1.165, 1.54) is 10.9 Å². The van der Waals surface area contributed by atoms with E-state index in [2.05, 4.69) is 48.4 Å². The molecule has 2 rings (SSSR count). The smallest absolute Gasteiger partial charge is 0.0702 e. The van der Waals surface area contributed by atoms with Crippen molar-refractivity contribution < 1.29 is 0 Å². The number of aryl methyl sites for hydroxylation is 1. The van der Waals surface area contributed by atoms with Gasteiger partial charge in [0.05, 0.1) is 5.52 Å². The van der Waals surface area contributed by atoms with Crippen LogP contribution in [0.25, 0.3) is 10.9 Å². The molecule has 1 aromatic heterocycles. The molecule has 0 spiro atoms. The van der Waals surface area contributed by atoms with Crippen LogP contribution in [0.4, 0.5) is 0 Å². The van der Waals surface area contributed by atoms with Gasteiger partial charge in [-0.3, -0.25) is 4.98 Å². The maximum absolute atomic E-state index is 4.51. The molecule has 2 heteroatoms. The molecule has 2 nitrogen and oxygen atoms in total. The molecule has 0 radical (unpaired) electrons. The minimum absolute atomic E-state index is 0.580. The maximum atomic E-state index is 4.51. The first kappa shape index (κ1) is 13.0. The van der Waals surface area contributed by atoms with Gasteiger partial charge in [-0.25, -0.2) is 0 Å². The molecule has 2 aromatic rings. The summed E-state index contributed by atoms with van der Waals surface area (Å²) >= 11 is 0. The van der Waals surface area contributed by atoms with E-state index in [-0.39, 0.29) is 0 Å². The Kier molecular flexibility index (Phi) is 4.32. The van der Waals surface area contributed by atoms with Crippen molar-refractivity contribution in [2.45, 2.75) is 32.7 Å². The molecule has 18 heavy (non-hydrogen) atoms. The van der Waals surface area contributed by atoms with Crippen molar-refractivity contribution in [1.29, 1.82) is 0 Å². The van der Waals surface area contributed by atoms with E-state index >= 15 is 0 Å². The number of aromatic nitrogens is 1. The van der Waals surface area contributed by atoms with Crippen LogP contribution in [0.1, 0.15) is 25.8 Å². The Morgan fingerprint density at radius 3 is 2.72 bits per heavy atom. The average molecular weight is 242 g/mol. The summed E-state index contributed by atoms with van der Waals surface area (Å²) in [6, 6.07) is 11.1. The van der Waals surface area contributed by atoms with Crippen LogP contribution < -0.4 is 5.32 Å². The highest BCUT2D eigenvalue weighted by Gasteiger charge is 2.10. The number of nitrogens with one attached hydrogen (secondary N) is 1. The van der Waals surface area contributed by atoms with Crippen molar-refractivity contribution in [2.75, 3.05) is 7.05 Å². The van der Waals surface area contributed by atoms with Crippen LogP contribution >= 0.6 is 0 Å². The number of para-hydroxylation sites is 1. The zero-order valence-electron chi connectivity index (χ0n) is 11.5. The van der Waals surface area contributed by atoms with Crippen molar-refractivity contribution in [3.8, 4) is 0 Å². The van der Waals surface area contributed by atoms with Crippen molar-refractivity contribution in [1.82, 2.24) is 10.3 Å². The van der Waals surface area contributed by atoms with E-state index in [0.29, 0.717) is 12.0 Å². The molecule has 0 aliphatic carbocycles. The summed E-state index contributed by atoms with van der Waals surface area (Å²) in [5, 5.41) is 4.63. The van der Waals surface area contributed by atoms with Crippen molar-refractivity contribution >= 4 is 10.9 Å². The maximum Gasteiger partial charge on any atom is 0.0702 e. The Hall–Kier alpha value is -1.41. The largest absolute Gasteiger partial charge is 0.317 e. The van der Waals surface area contributed by atoms with E-state index in [4.69, 9.17) is 0 Å². The van der Waals surface area contributed by atoms with Gasteiger partial charge >= 0.3 is 0 Å². The number of benzene rings is 1. The van der Waals surface area contributed by atoms with Crippen LogP contribution in [0.3, 0.4) is 0 Å². The first-order chi connectivity index (χ1) is 8.70. The highest BCUT2D eigenvalue weighted by Crippen LogP contribution is 2.15. The van der Waals surface area contributed by atoms with Gasteiger partial charge in [-0.05, 0) is 43.5 Å². The van der Waals surface area contributed by atoms with Gasteiger partial charge in [0.2, 0.25) is 0 Å². The van der Waals surface area contributed by atoms with Crippen molar-refractivity contribution in [2.24, 2.45) is 5.92 Å². The third-order valence-electron chi connectivity index (χ3n) is 3.57. The summed E-state index contributed by atoms with van der Waals surface area (Å²) in [7, 11) is 2.04. The lowest BCUT2D eigenvalue weighted by Crippen LogP contribution is -2.31. The molecule has 0 amide bonds. The lowest BCUT2D eigenvalue weighted by Gasteiger charge is -2.19. The zero-order valence-corrected chi connectivity index (χ0v) is 11.5. The quantitative estimate of drug-likeness (QED) is 0.869. The van der Waals surface area contributed by atoms with Crippen LogP contribution in [0.5, 0.6) is 0 Å². The molecular formula is C16H22N2. The van der Waals surface area contributed by atoms with Crippen LogP contribution in [-0.4, -0.2) is 18.1 Å². The van der Waals surface area contributed by atoms with Crippen molar-refractivity contribution in [3.05, 3.63) is 42.1 Å². The summed E-state index contributed by atoms with van der Waals surface area (Å²) in [6.07, 6.45) is 4.26. The van der Waals surface area contributed by atoms with Crippen LogP contribution in [0.15, 0.2) is 36.5 Å². The number of fused-ring (bicyclic) bond motifs is 1. The third-order valence-corrected chi connectivity index (χ3v) is 3.57. The van der Waals surface area contributed by atoms with E-state index in [0.717, 1.165) is 18.4 Å². The van der Waals surface area contributed by atoms with Gasteiger partial charge in [-0.15, -0.1) is 0 Å². The fourth-order valence-corrected chi connectivity index (χ4v) is 2.39. The molecule has 0 saturated carbocycles. The normalized spacial score (nSPS) is 13.1. The molecule has 1 N–H and O–H groups in total. The van der Waals surface area contributed by atoms with Crippen LogP contribution in [0, 0.1) is 5.92 Å². The molecule has 0 fully saturated rings. The molecule has 1 atom stereocenters. The minimum atomic E-state index is 0.580. The van der Waals surface area contributed by atoms with E-state index < -0.39 is 0 Å². The molecule has 0 aliphatic rings. The van der Waals surface area contributed by atoms with Crippen LogP contribution in [-0.2, 0) is 6.42 Å². The van der Waals surface area contributed by atoms with E-state index in [1.807, 2.05) is 19.3 Å². The van der Waals surface area contributed by atoms with Gasteiger partial charge in [0.15, 0.2) is 0 Å². The lowest BCUT2D eigenvalue weighted by atomic mass is 9.97. The highest BCUT2D eigenvalue weighted by atomic mass is 14.9. The summed E-state index contributed by atoms with van der Waals surface area (Å²) < 4.78 is 0. The average Bonchev–Trinajstić information content (AvgIpc) is 2.39. The Labute approximate surface area is 109 Å². The summed E-state index contributed by atoms with van der Waals surface area (Å²) in [5.74, 6) is 0.670. The second-order valence-electron chi connectivity index (χ2n) is 5.21. The second kappa shape index (κ2) is 5.96. The fourth-order valence-electron chi connectivity index (χ4n) is 2.39. The first-order valence-electron chi connectivity index (χ1n) is 6.71. The second-order valence-corrected chi connectivity index (χ2v) is 5.21. The lowest BCUT2D eigenvalue weighted by molar-refractivity contribution is 0.403. The Bertz CT molecular complexity index is 505. The van der Waals surface area contributed by atoms with E-state index in [9.17, 15) is 0 Å². The van der Waals surface area contributed by atoms with Gasteiger partial charge in [-0.1, -0.05) is 32.0 Å². The molecule has 96 valence electrons. The molecule has 1 heterocycles. The highest BCUT2D eigenvalue weighted by molar-refractivity contribution is 5.78. The number of hydrogen-bond acceptors (Lipinski definition) is 2. The molecular weight excluding hydrogens is 220 g/mol. The van der Waals surface area contributed by atoms with E-state index in [1.54, 1.807) is 0 Å². The Balaban J connectivity index is 2.07. The van der Waals surface area contributed by atoms with Gasteiger partial charge in [-0.2, -0.15) is 0 Å². The first-order valence-corrected chi connectivity index (χ1v) is 6.71. The van der Waals surface area contributed by atoms with Crippen LogP contribution in [0.2, 0.25) is 0 Å². The van der Waals surface area contributed by atoms with Gasteiger partial charge in [0.1, 0.15) is 0 Å². The molecule has 0 bridgehead atoms. The van der Waals surface area contributed by atoms with Crippen molar-refractivity contribution in [3.63, 3.8) is 0 Å². The number of rotatable bonds is 5. The fraction of sp³-hybridized carbons (Fsp3) is 0.438. The monoisotopic (exact) mass is 242 g/mol. The molecule has 1 aromatic carbocycles. The Morgan fingerprint density at radius 2 is 2.00 bits per heavy atom. The number of pyridine rings is 1. The number of hydrogen-bond donors (Lipinski definition) is 1.